The first kappa shape index (κ1) is 17.1. The van der Waals surface area contributed by atoms with E-state index in [1.165, 1.54) is 12.1 Å². The number of nitrogens with one attached hydrogen (secondary N) is 1. The van der Waals surface area contributed by atoms with E-state index in [2.05, 4.69) is 18.5 Å². The predicted molar refractivity (Wildman–Crippen MR) is 86.9 cm³/mol. The molecule has 0 fully saturated rings. The lowest BCUT2D eigenvalue weighted by Gasteiger charge is -2.18. The molecular weight excluding hydrogens is 319 g/mol. The molecule has 0 aliphatic carbocycles. The highest BCUT2D eigenvalue weighted by atomic mass is 35.5. The summed E-state index contributed by atoms with van der Waals surface area (Å²) in [7, 11) is 0. The average molecular weight is 334 g/mol. The monoisotopic (exact) mass is 332 g/mol. The minimum Gasteiger partial charge on any atom is -0.324 e. The van der Waals surface area contributed by atoms with Crippen molar-refractivity contribution in [3.8, 4) is 0 Å². The molecule has 0 bridgehead atoms. The SMILES string of the molecule is C=CCN(CC=C)CC(=O)Nc1cc(Cl)c(Cl)cc1Cl. The molecule has 0 unspecified atom stereocenters. The maximum Gasteiger partial charge on any atom is 0.238 e. The Morgan fingerprint density at radius 1 is 1.10 bits per heavy atom. The molecule has 108 valence electrons. The highest BCUT2D eigenvalue weighted by Crippen LogP contribution is 2.32. The summed E-state index contributed by atoms with van der Waals surface area (Å²) >= 11 is 17.7. The van der Waals surface area contributed by atoms with E-state index in [1.807, 2.05) is 4.90 Å². The van der Waals surface area contributed by atoms with E-state index in [-0.39, 0.29) is 12.5 Å². The molecule has 0 aliphatic rings. The molecule has 0 heterocycles. The fourth-order valence-corrected chi connectivity index (χ4v) is 2.17. The van der Waals surface area contributed by atoms with Crippen LogP contribution in [0.4, 0.5) is 5.69 Å². The maximum absolute atomic E-state index is 12.0. The number of carbonyl (C=O) groups is 1. The Morgan fingerprint density at radius 2 is 1.65 bits per heavy atom. The molecule has 0 aliphatic heterocycles. The number of anilines is 1. The Kier molecular flexibility index (Phi) is 7.10. The summed E-state index contributed by atoms with van der Waals surface area (Å²) in [6.45, 7) is 8.68. The van der Waals surface area contributed by atoms with Crippen molar-refractivity contribution < 1.29 is 4.79 Å². The van der Waals surface area contributed by atoms with E-state index in [0.29, 0.717) is 33.8 Å². The lowest BCUT2D eigenvalue weighted by molar-refractivity contribution is -0.117. The van der Waals surface area contributed by atoms with Crippen LogP contribution in [0, 0.1) is 0 Å². The maximum atomic E-state index is 12.0. The summed E-state index contributed by atoms with van der Waals surface area (Å²) in [5.41, 5.74) is 0.434. The molecule has 0 saturated heterocycles. The molecule has 0 saturated carbocycles. The minimum atomic E-state index is -0.200. The minimum absolute atomic E-state index is 0.200. The number of halogens is 3. The van der Waals surface area contributed by atoms with Gasteiger partial charge in [-0.25, -0.2) is 0 Å². The van der Waals surface area contributed by atoms with Gasteiger partial charge in [-0.15, -0.1) is 13.2 Å². The second kappa shape index (κ2) is 8.32. The van der Waals surface area contributed by atoms with Crippen LogP contribution in [0.1, 0.15) is 0 Å². The van der Waals surface area contributed by atoms with Crippen molar-refractivity contribution in [3.63, 3.8) is 0 Å². The van der Waals surface area contributed by atoms with Crippen molar-refractivity contribution in [2.24, 2.45) is 0 Å². The third-order valence-corrected chi connectivity index (χ3v) is 3.46. The smallest absolute Gasteiger partial charge is 0.238 e. The molecule has 0 atom stereocenters. The van der Waals surface area contributed by atoms with Crippen molar-refractivity contribution >= 4 is 46.4 Å². The van der Waals surface area contributed by atoms with Crippen LogP contribution in [0.3, 0.4) is 0 Å². The van der Waals surface area contributed by atoms with Gasteiger partial charge in [0, 0.05) is 13.1 Å². The van der Waals surface area contributed by atoms with Crippen molar-refractivity contribution in [1.82, 2.24) is 4.90 Å². The van der Waals surface area contributed by atoms with E-state index < -0.39 is 0 Å². The van der Waals surface area contributed by atoms with E-state index in [4.69, 9.17) is 34.8 Å². The quantitative estimate of drug-likeness (QED) is 0.597. The lowest BCUT2D eigenvalue weighted by Crippen LogP contribution is -2.33. The van der Waals surface area contributed by atoms with E-state index in [1.54, 1.807) is 12.2 Å². The van der Waals surface area contributed by atoms with E-state index in [0.717, 1.165) is 0 Å². The molecule has 1 amide bonds. The van der Waals surface area contributed by atoms with Gasteiger partial charge in [0.15, 0.2) is 0 Å². The topological polar surface area (TPSA) is 32.3 Å². The van der Waals surface area contributed by atoms with Gasteiger partial charge in [-0.3, -0.25) is 9.69 Å². The van der Waals surface area contributed by atoms with Gasteiger partial charge in [0.05, 0.1) is 27.3 Å². The molecule has 1 aromatic carbocycles. The van der Waals surface area contributed by atoms with Crippen molar-refractivity contribution in [2.45, 2.75) is 0 Å². The Bertz CT molecular complexity index is 507. The Hall–Kier alpha value is -1.000. The van der Waals surface area contributed by atoms with Gasteiger partial charge in [0.25, 0.3) is 0 Å². The fourth-order valence-electron chi connectivity index (χ4n) is 1.58. The number of hydrogen-bond acceptors (Lipinski definition) is 2. The van der Waals surface area contributed by atoms with Crippen molar-refractivity contribution in [2.75, 3.05) is 25.0 Å². The second-order valence-electron chi connectivity index (χ2n) is 4.07. The molecule has 0 radical (unpaired) electrons. The molecule has 1 aromatic rings. The second-order valence-corrected chi connectivity index (χ2v) is 5.29. The lowest BCUT2D eigenvalue weighted by atomic mass is 10.3. The summed E-state index contributed by atoms with van der Waals surface area (Å²) < 4.78 is 0. The third kappa shape index (κ3) is 5.17. The highest BCUT2D eigenvalue weighted by molar-refractivity contribution is 6.44. The zero-order chi connectivity index (χ0) is 15.1. The summed E-state index contributed by atoms with van der Waals surface area (Å²) in [4.78, 5) is 13.8. The number of hydrogen-bond donors (Lipinski definition) is 1. The normalized spacial score (nSPS) is 10.4. The first-order valence-corrected chi connectivity index (χ1v) is 6.99. The van der Waals surface area contributed by atoms with Crippen LogP contribution in [0.15, 0.2) is 37.4 Å². The van der Waals surface area contributed by atoms with Crippen LogP contribution >= 0.6 is 34.8 Å². The van der Waals surface area contributed by atoms with Gasteiger partial charge in [-0.05, 0) is 12.1 Å². The van der Waals surface area contributed by atoms with Crippen molar-refractivity contribution in [3.05, 3.63) is 52.5 Å². The molecule has 0 spiro atoms. The first-order valence-electron chi connectivity index (χ1n) is 5.86. The summed E-state index contributed by atoms with van der Waals surface area (Å²) in [6.07, 6.45) is 3.45. The predicted octanol–water partition coefficient (Wildman–Crippen LogP) is 4.26. The van der Waals surface area contributed by atoms with Gasteiger partial charge in [-0.2, -0.15) is 0 Å². The zero-order valence-corrected chi connectivity index (χ0v) is 13.1. The summed E-state index contributed by atoms with van der Waals surface area (Å²) in [5, 5.41) is 3.72. The molecule has 20 heavy (non-hydrogen) atoms. The first-order chi connectivity index (χ1) is 9.47. The van der Waals surface area contributed by atoms with Gasteiger partial charge in [-0.1, -0.05) is 47.0 Å². The highest BCUT2D eigenvalue weighted by Gasteiger charge is 2.12. The molecule has 0 aromatic heterocycles. The van der Waals surface area contributed by atoms with Gasteiger partial charge in [0.2, 0.25) is 5.91 Å². The van der Waals surface area contributed by atoms with Gasteiger partial charge in [0.1, 0.15) is 0 Å². The van der Waals surface area contributed by atoms with Crippen LogP contribution < -0.4 is 5.32 Å². The molecular formula is C14H15Cl3N2O. The van der Waals surface area contributed by atoms with E-state index in [9.17, 15) is 4.79 Å². The van der Waals surface area contributed by atoms with Gasteiger partial charge < -0.3 is 5.32 Å². The van der Waals surface area contributed by atoms with Gasteiger partial charge >= 0.3 is 0 Å². The largest absolute Gasteiger partial charge is 0.324 e. The number of amides is 1. The van der Waals surface area contributed by atoms with Crippen LogP contribution in [-0.4, -0.2) is 30.4 Å². The standard InChI is InChI=1S/C14H15Cl3N2O/c1-3-5-19(6-4-2)9-14(20)18-13-8-11(16)10(15)7-12(13)17/h3-4,7-8H,1-2,5-6,9H2,(H,18,20). The Balaban J connectivity index is 2.72. The molecule has 6 heteroatoms. The number of nitrogens with zero attached hydrogens (tertiary/aromatic N) is 1. The number of rotatable bonds is 7. The molecule has 1 rings (SSSR count). The number of carbonyl (C=O) groups excluding carboxylic acids is 1. The average Bonchev–Trinajstić information content (AvgIpc) is 2.36. The van der Waals surface area contributed by atoms with Crippen LogP contribution in [0.25, 0.3) is 0 Å². The molecule has 1 N–H and O–H groups in total. The van der Waals surface area contributed by atoms with Crippen LogP contribution in [0.2, 0.25) is 15.1 Å². The Morgan fingerprint density at radius 3 is 2.20 bits per heavy atom. The van der Waals surface area contributed by atoms with E-state index >= 15 is 0 Å². The molecule has 3 nitrogen and oxygen atoms in total. The fraction of sp³-hybridized carbons (Fsp3) is 0.214. The summed E-state index contributed by atoms with van der Waals surface area (Å²) in [6, 6.07) is 3.02. The van der Waals surface area contributed by atoms with Crippen LogP contribution in [0.5, 0.6) is 0 Å². The van der Waals surface area contributed by atoms with Crippen molar-refractivity contribution in [1.29, 1.82) is 0 Å². The zero-order valence-electron chi connectivity index (χ0n) is 10.8. The third-order valence-electron chi connectivity index (χ3n) is 2.43. The Labute approximate surface area is 133 Å². The number of benzene rings is 1. The summed E-state index contributed by atoms with van der Waals surface area (Å²) in [5.74, 6) is -0.200. The van der Waals surface area contributed by atoms with Crippen LogP contribution in [-0.2, 0) is 4.79 Å².